The number of nitrogens with zero attached hydrogens (tertiary/aromatic N) is 2. The molecule has 0 amide bonds. The molecule has 1 heterocycles. The molecule has 1 fully saturated rings. The lowest BCUT2D eigenvalue weighted by Gasteiger charge is -2.26. The van der Waals surface area contributed by atoms with Crippen LogP contribution in [0.15, 0.2) is 47.4 Å². The SMILES string of the molecule is COc1cccc(Oc2ccc([N+](=O)[O-])cc2S(=O)(=O)N2CCOCC2)c1. The highest BCUT2D eigenvalue weighted by Gasteiger charge is 2.31. The van der Waals surface area contributed by atoms with E-state index in [1.54, 1.807) is 24.3 Å². The Balaban J connectivity index is 2.04. The molecule has 0 aliphatic carbocycles. The molecule has 1 saturated heterocycles. The van der Waals surface area contributed by atoms with Gasteiger partial charge in [0.1, 0.15) is 22.1 Å². The van der Waals surface area contributed by atoms with E-state index in [0.29, 0.717) is 11.5 Å². The summed E-state index contributed by atoms with van der Waals surface area (Å²) in [5.41, 5.74) is -0.333. The molecule has 0 unspecified atom stereocenters. The highest BCUT2D eigenvalue weighted by Crippen LogP contribution is 2.35. The van der Waals surface area contributed by atoms with E-state index in [2.05, 4.69) is 0 Å². The van der Waals surface area contributed by atoms with Gasteiger partial charge in [0, 0.05) is 31.3 Å². The quantitative estimate of drug-likeness (QED) is 0.547. The second-order valence-corrected chi connectivity index (χ2v) is 7.59. The maximum absolute atomic E-state index is 13.0. The number of hydrogen-bond acceptors (Lipinski definition) is 7. The van der Waals surface area contributed by atoms with Gasteiger partial charge in [-0.1, -0.05) is 6.07 Å². The molecule has 0 saturated carbocycles. The summed E-state index contributed by atoms with van der Waals surface area (Å²) in [5, 5.41) is 11.1. The number of non-ortho nitro benzene ring substituents is 1. The monoisotopic (exact) mass is 394 g/mol. The third-order valence-corrected chi connectivity index (χ3v) is 5.91. The lowest BCUT2D eigenvalue weighted by Crippen LogP contribution is -2.40. The van der Waals surface area contributed by atoms with E-state index in [1.807, 2.05) is 0 Å². The Labute approximate surface area is 156 Å². The van der Waals surface area contributed by atoms with E-state index in [9.17, 15) is 18.5 Å². The fourth-order valence-electron chi connectivity index (χ4n) is 2.61. The zero-order valence-corrected chi connectivity index (χ0v) is 15.3. The fraction of sp³-hybridized carbons (Fsp3) is 0.294. The van der Waals surface area contributed by atoms with Gasteiger partial charge in [0.05, 0.1) is 25.2 Å². The van der Waals surface area contributed by atoms with Crippen molar-refractivity contribution in [3.05, 3.63) is 52.6 Å². The molecule has 1 aliphatic rings. The van der Waals surface area contributed by atoms with Crippen LogP contribution >= 0.6 is 0 Å². The minimum absolute atomic E-state index is 0.000319. The Morgan fingerprint density at radius 1 is 1.11 bits per heavy atom. The van der Waals surface area contributed by atoms with Crippen molar-refractivity contribution in [3.8, 4) is 17.2 Å². The summed E-state index contributed by atoms with van der Waals surface area (Å²) < 4.78 is 43.3. The van der Waals surface area contributed by atoms with Gasteiger partial charge in [-0.2, -0.15) is 4.31 Å². The highest BCUT2D eigenvalue weighted by atomic mass is 32.2. The summed E-state index contributed by atoms with van der Waals surface area (Å²) >= 11 is 0. The van der Waals surface area contributed by atoms with Gasteiger partial charge in [-0.25, -0.2) is 8.42 Å². The molecule has 2 aromatic rings. The van der Waals surface area contributed by atoms with E-state index in [-0.39, 0.29) is 42.6 Å². The van der Waals surface area contributed by atoms with Crippen LogP contribution in [0.5, 0.6) is 17.2 Å². The van der Waals surface area contributed by atoms with Crippen LogP contribution in [0.1, 0.15) is 0 Å². The summed E-state index contributed by atoms with van der Waals surface area (Å²) in [6.45, 7) is 0.869. The number of methoxy groups -OCH3 is 1. The lowest BCUT2D eigenvalue weighted by molar-refractivity contribution is -0.385. The van der Waals surface area contributed by atoms with E-state index in [1.165, 1.54) is 23.5 Å². The van der Waals surface area contributed by atoms with Gasteiger partial charge >= 0.3 is 0 Å². The fourth-order valence-corrected chi connectivity index (χ4v) is 4.16. The normalized spacial score (nSPS) is 15.3. The molecule has 2 aromatic carbocycles. The molecule has 3 rings (SSSR count). The predicted octanol–water partition coefficient (Wildman–Crippen LogP) is 2.42. The molecule has 1 aliphatic heterocycles. The first-order valence-electron chi connectivity index (χ1n) is 8.10. The number of morpholine rings is 1. The molecule has 0 aromatic heterocycles. The van der Waals surface area contributed by atoms with Gasteiger partial charge in [-0.05, 0) is 18.2 Å². The first kappa shape index (κ1) is 19.1. The van der Waals surface area contributed by atoms with Crippen LogP contribution in [0.2, 0.25) is 0 Å². The standard InChI is InChI=1S/C17H18N2O7S/c1-24-14-3-2-4-15(12-14)26-16-6-5-13(19(20)21)11-17(16)27(22,23)18-7-9-25-10-8-18/h2-6,11-12H,7-10H2,1H3. The minimum atomic E-state index is -3.99. The van der Waals surface area contributed by atoms with Crippen LogP contribution in [-0.4, -0.2) is 51.1 Å². The zero-order chi connectivity index (χ0) is 19.4. The second-order valence-electron chi connectivity index (χ2n) is 5.69. The number of ether oxygens (including phenoxy) is 3. The molecule has 27 heavy (non-hydrogen) atoms. The van der Waals surface area contributed by atoms with Crippen molar-refractivity contribution in [3.63, 3.8) is 0 Å². The van der Waals surface area contributed by atoms with Gasteiger partial charge in [0.2, 0.25) is 10.0 Å². The summed E-state index contributed by atoms with van der Waals surface area (Å²) in [7, 11) is -2.49. The van der Waals surface area contributed by atoms with E-state index in [0.717, 1.165) is 6.07 Å². The van der Waals surface area contributed by atoms with Gasteiger partial charge in [-0.3, -0.25) is 10.1 Å². The molecule has 0 atom stereocenters. The van der Waals surface area contributed by atoms with Crippen molar-refractivity contribution in [2.24, 2.45) is 0 Å². The smallest absolute Gasteiger partial charge is 0.271 e. The molecule has 9 nitrogen and oxygen atoms in total. The van der Waals surface area contributed by atoms with E-state index in [4.69, 9.17) is 14.2 Å². The molecule has 0 bridgehead atoms. The van der Waals surface area contributed by atoms with Crippen LogP contribution < -0.4 is 9.47 Å². The molecule has 144 valence electrons. The Kier molecular flexibility index (Phi) is 5.59. The number of benzene rings is 2. The average Bonchev–Trinajstić information content (AvgIpc) is 2.69. The van der Waals surface area contributed by atoms with Crippen molar-refractivity contribution in [1.82, 2.24) is 4.31 Å². The Morgan fingerprint density at radius 3 is 2.48 bits per heavy atom. The predicted molar refractivity (Wildman–Crippen MR) is 95.7 cm³/mol. The molecule has 0 spiro atoms. The van der Waals surface area contributed by atoms with E-state index >= 15 is 0 Å². The number of rotatable bonds is 6. The number of hydrogen-bond donors (Lipinski definition) is 0. The number of nitro groups is 1. The van der Waals surface area contributed by atoms with Crippen LogP contribution in [0.4, 0.5) is 5.69 Å². The third kappa shape index (κ3) is 4.18. The first-order valence-corrected chi connectivity index (χ1v) is 9.54. The van der Waals surface area contributed by atoms with Crippen molar-refractivity contribution in [2.75, 3.05) is 33.4 Å². The lowest BCUT2D eigenvalue weighted by atomic mass is 10.3. The molecular formula is C17H18N2O7S. The topological polar surface area (TPSA) is 108 Å². The van der Waals surface area contributed by atoms with Crippen LogP contribution in [0.3, 0.4) is 0 Å². The maximum Gasteiger partial charge on any atom is 0.271 e. The van der Waals surface area contributed by atoms with Gasteiger partial charge < -0.3 is 14.2 Å². The number of sulfonamides is 1. The Morgan fingerprint density at radius 2 is 1.81 bits per heavy atom. The highest BCUT2D eigenvalue weighted by molar-refractivity contribution is 7.89. The maximum atomic E-state index is 13.0. The van der Waals surface area contributed by atoms with Gasteiger partial charge in [-0.15, -0.1) is 0 Å². The minimum Gasteiger partial charge on any atom is -0.497 e. The summed E-state index contributed by atoms with van der Waals surface area (Å²) in [4.78, 5) is 10.2. The third-order valence-electron chi connectivity index (χ3n) is 4.00. The van der Waals surface area contributed by atoms with Crippen LogP contribution in [-0.2, 0) is 14.8 Å². The zero-order valence-electron chi connectivity index (χ0n) is 14.5. The molecule has 0 N–H and O–H groups in total. The molecule has 0 radical (unpaired) electrons. The molecule has 10 heteroatoms. The average molecular weight is 394 g/mol. The van der Waals surface area contributed by atoms with Gasteiger partial charge in [0.25, 0.3) is 5.69 Å². The summed E-state index contributed by atoms with van der Waals surface area (Å²) in [6.07, 6.45) is 0. The Hall–Kier alpha value is -2.69. The largest absolute Gasteiger partial charge is 0.497 e. The summed E-state index contributed by atoms with van der Waals surface area (Å²) in [5.74, 6) is 0.883. The van der Waals surface area contributed by atoms with Crippen molar-refractivity contribution in [1.29, 1.82) is 0 Å². The van der Waals surface area contributed by atoms with E-state index < -0.39 is 14.9 Å². The van der Waals surface area contributed by atoms with Crippen molar-refractivity contribution >= 4 is 15.7 Å². The summed E-state index contributed by atoms with van der Waals surface area (Å²) in [6, 6.07) is 10.1. The van der Waals surface area contributed by atoms with Crippen LogP contribution in [0, 0.1) is 10.1 Å². The molecular weight excluding hydrogens is 376 g/mol. The van der Waals surface area contributed by atoms with Gasteiger partial charge in [0.15, 0.2) is 0 Å². The van der Waals surface area contributed by atoms with Crippen molar-refractivity contribution < 1.29 is 27.6 Å². The Bertz CT molecular complexity index is 940. The van der Waals surface area contributed by atoms with Crippen LogP contribution in [0.25, 0.3) is 0 Å². The second kappa shape index (κ2) is 7.91. The number of nitro benzene ring substituents is 1. The van der Waals surface area contributed by atoms with Crippen molar-refractivity contribution in [2.45, 2.75) is 4.90 Å². The first-order chi connectivity index (χ1) is 12.9.